The number of aromatic nitrogens is 2. The fraction of sp³-hybridized carbons (Fsp3) is 0.700. The van der Waals surface area contributed by atoms with Crippen molar-refractivity contribution in [3.8, 4) is 0 Å². The Labute approximate surface area is 178 Å². The Bertz CT molecular complexity index is 759. The highest BCUT2D eigenvalue weighted by Gasteiger charge is 2.44. The second kappa shape index (κ2) is 9.80. The van der Waals surface area contributed by atoms with E-state index in [-0.39, 0.29) is 11.3 Å². The lowest BCUT2D eigenvalue weighted by atomic mass is 9.79. The number of amides is 1. The van der Waals surface area contributed by atoms with E-state index < -0.39 is 12.1 Å². The first-order valence-electron chi connectivity index (χ1n) is 10.4. The number of carbonyl (C=O) groups is 2. The summed E-state index contributed by atoms with van der Waals surface area (Å²) in [4.78, 5) is 34.9. The predicted octanol–water partition coefficient (Wildman–Crippen LogP) is 2.36. The second-order valence-corrected chi connectivity index (χ2v) is 8.27. The van der Waals surface area contributed by atoms with Crippen LogP contribution in [0.3, 0.4) is 0 Å². The summed E-state index contributed by atoms with van der Waals surface area (Å²) in [7, 11) is 0. The van der Waals surface area contributed by atoms with Crippen molar-refractivity contribution in [1.29, 1.82) is 0 Å². The molecule has 1 N–H and O–H groups in total. The van der Waals surface area contributed by atoms with Gasteiger partial charge in [-0.3, -0.25) is 4.79 Å². The summed E-state index contributed by atoms with van der Waals surface area (Å²) in [6.07, 6.45) is 3.74. The van der Waals surface area contributed by atoms with Gasteiger partial charge in [-0.15, -0.1) is 0 Å². The van der Waals surface area contributed by atoms with Crippen molar-refractivity contribution in [2.24, 2.45) is 11.3 Å². The summed E-state index contributed by atoms with van der Waals surface area (Å²) in [5, 5.41) is 7.12. The lowest BCUT2D eigenvalue weighted by Crippen LogP contribution is -2.46. The predicted molar refractivity (Wildman–Crippen MR) is 104 cm³/mol. The van der Waals surface area contributed by atoms with Crippen LogP contribution in [0.4, 0.5) is 19.1 Å². The third-order valence-electron chi connectivity index (χ3n) is 6.06. The zero-order valence-electron chi connectivity index (χ0n) is 17.2. The minimum atomic E-state index is -5.08. The van der Waals surface area contributed by atoms with Gasteiger partial charge in [-0.2, -0.15) is 13.2 Å². The van der Waals surface area contributed by atoms with Crippen LogP contribution in [0, 0.1) is 11.3 Å². The van der Waals surface area contributed by atoms with Crippen LogP contribution in [0.1, 0.15) is 32.1 Å². The summed E-state index contributed by atoms with van der Waals surface area (Å²) >= 11 is 0. The number of aliphatic carboxylic acids is 1. The fourth-order valence-electron chi connectivity index (χ4n) is 4.49. The number of rotatable bonds is 2. The SMILES string of the molecule is O=C(C1CCOCC1)N1CCC2(CCCN(c3ncccn3)C2)C1.O=C(O)C(F)(F)F. The number of hydrogen-bond acceptors (Lipinski definition) is 6. The fourth-order valence-corrected chi connectivity index (χ4v) is 4.49. The van der Waals surface area contributed by atoms with Gasteiger partial charge in [0.1, 0.15) is 0 Å². The summed E-state index contributed by atoms with van der Waals surface area (Å²) < 4.78 is 37.1. The van der Waals surface area contributed by atoms with Gasteiger partial charge in [-0.1, -0.05) is 0 Å². The Morgan fingerprint density at radius 1 is 1.10 bits per heavy atom. The maximum Gasteiger partial charge on any atom is 0.490 e. The van der Waals surface area contributed by atoms with Crippen molar-refractivity contribution in [1.82, 2.24) is 14.9 Å². The average Bonchev–Trinajstić information content (AvgIpc) is 3.17. The Morgan fingerprint density at radius 2 is 1.74 bits per heavy atom. The van der Waals surface area contributed by atoms with Crippen LogP contribution in [0.5, 0.6) is 0 Å². The molecule has 4 heterocycles. The molecule has 0 bridgehead atoms. The zero-order chi connectivity index (χ0) is 22.5. The molecular weight excluding hydrogens is 417 g/mol. The Hall–Kier alpha value is -2.43. The van der Waals surface area contributed by atoms with E-state index in [0.717, 1.165) is 71.0 Å². The number of likely N-dealkylation sites (tertiary alicyclic amines) is 1. The van der Waals surface area contributed by atoms with E-state index in [1.807, 2.05) is 6.07 Å². The Morgan fingerprint density at radius 3 is 2.35 bits per heavy atom. The number of carboxylic acids is 1. The molecule has 0 aromatic carbocycles. The first kappa shape index (κ1) is 23.2. The van der Waals surface area contributed by atoms with Gasteiger partial charge in [-0.05, 0) is 38.2 Å². The van der Waals surface area contributed by atoms with Crippen LogP contribution in [-0.4, -0.2) is 77.4 Å². The molecule has 3 saturated heterocycles. The number of anilines is 1. The number of carboxylic acid groups (broad SMARTS) is 1. The molecule has 3 aliphatic heterocycles. The number of hydrogen-bond donors (Lipinski definition) is 1. The number of alkyl halides is 3. The minimum absolute atomic E-state index is 0.172. The number of ether oxygens (including phenoxy) is 1. The molecule has 0 aliphatic carbocycles. The van der Waals surface area contributed by atoms with Crippen molar-refractivity contribution >= 4 is 17.8 Å². The molecule has 1 unspecified atom stereocenters. The normalized spacial score (nSPS) is 24.6. The summed E-state index contributed by atoms with van der Waals surface area (Å²) in [5.74, 6) is -1.41. The first-order chi connectivity index (χ1) is 14.7. The number of nitrogens with zero attached hydrogens (tertiary/aromatic N) is 4. The average molecular weight is 444 g/mol. The van der Waals surface area contributed by atoms with Crippen molar-refractivity contribution in [3.63, 3.8) is 0 Å². The monoisotopic (exact) mass is 444 g/mol. The van der Waals surface area contributed by atoms with E-state index in [0.29, 0.717) is 5.91 Å². The molecule has 4 rings (SSSR count). The maximum absolute atomic E-state index is 12.8. The third kappa shape index (κ3) is 6.05. The molecule has 8 nitrogen and oxygen atoms in total. The molecule has 172 valence electrons. The standard InChI is InChI=1S/C18H26N4O2.C2HF3O2/c23-16(15-3-11-24-12-4-15)21-10-6-18(13-21)5-1-9-22(14-18)17-19-7-2-8-20-17;3-2(4,5)1(6)7/h2,7-8,15H,1,3-6,9-14H2;(H,6,7). The van der Waals surface area contributed by atoms with Crippen LogP contribution in [0.2, 0.25) is 0 Å². The van der Waals surface area contributed by atoms with Crippen LogP contribution < -0.4 is 4.90 Å². The number of carbonyl (C=O) groups excluding carboxylic acids is 1. The van der Waals surface area contributed by atoms with Gasteiger partial charge in [0.25, 0.3) is 0 Å². The van der Waals surface area contributed by atoms with E-state index in [4.69, 9.17) is 14.6 Å². The molecule has 1 spiro atoms. The molecule has 1 amide bonds. The van der Waals surface area contributed by atoms with E-state index in [1.54, 1.807) is 12.4 Å². The largest absolute Gasteiger partial charge is 0.490 e. The molecule has 1 aromatic rings. The van der Waals surface area contributed by atoms with Gasteiger partial charge < -0.3 is 19.6 Å². The maximum atomic E-state index is 12.8. The van der Waals surface area contributed by atoms with E-state index in [1.165, 1.54) is 6.42 Å². The lowest BCUT2D eigenvalue weighted by Gasteiger charge is -2.40. The molecule has 31 heavy (non-hydrogen) atoms. The van der Waals surface area contributed by atoms with Crippen LogP contribution in [0.15, 0.2) is 18.5 Å². The van der Waals surface area contributed by atoms with Gasteiger partial charge in [0, 0.05) is 63.1 Å². The lowest BCUT2D eigenvalue weighted by molar-refractivity contribution is -0.192. The first-order valence-corrected chi connectivity index (χ1v) is 10.4. The second-order valence-electron chi connectivity index (χ2n) is 8.27. The van der Waals surface area contributed by atoms with Crippen molar-refractivity contribution in [2.75, 3.05) is 44.3 Å². The Kier molecular flexibility index (Phi) is 7.34. The summed E-state index contributed by atoms with van der Waals surface area (Å²) in [6.45, 7) is 5.24. The van der Waals surface area contributed by atoms with E-state index in [2.05, 4.69) is 19.8 Å². The van der Waals surface area contributed by atoms with Crippen LogP contribution in [-0.2, 0) is 14.3 Å². The molecule has 1 atom stereocenters. The molecule has 0 radical (unpaired) electrons. The van der Waals surface area contributed by atoms with Gasteiger partial charge in [0.05, 0.1) is 0 Å². The third-order valence-corrected chi connectivity index (χ3v) is 6.06. The molecule has 1 aromatic heterocycles. The minimum Gasteiger partial charge on any atom is -0.475 e. The number of piperidine rings is 1. The van der Waals surface area contributed by atoms with Gasteiger partial charge in [0.2, 0.25) is 11.9 Å². The topological polar surface area (TPSA) is 95.9 Å². The van der Waals surface area contributed by atoms with E-state index in [9.17, 15) is 18.0 Å². The zero-order valence-corrected chi connectivity index (χ0v) is 17.2. The number of halogens is 3. The highest BCUT2D eigenvalue weighted by Crippen LogP contribution is 2.40. The summed E-state index contributed by atoms with van der Waals surface area (Å²) in [6, 6.07) is 1.85. The molecular formula is C20H27F3N4O4. The highest BCUT2D eigenvalue weighted by atomic mass is 19.4. The van der Waals surface area contributed by atoms with Crippen molar-refractivity contribution in [2.45, 2.75) is 38.3 Å². The van der Waals surface area contributed by atoms with Gasteiger partial charge in [0.15, 0.2) is 0 Å². The smallest absolute Gasteiger partial charge is 0.475 e. The van der Waals surface area contributed by atoms with Gasteiger partial charge >= 0.3 is 12.1 Å². The molecule has 11 heteroatoms. The van der Waals surface area contributed by atoms with Crippen molar-refractivity contribution in [3.05, 3.63) is 18.5 Å². The van der Waals surface area contributed by atoms with Crippen molar-refractivity contribution < 1.29 is 32.6 Å². The summed E-state index contributed by atoms with van der Waals surface area (Å²) in [5.41, 5.74) is 0.221. The van der Waals surface area contributed by atoms with Crippen LogP contribution >= 0.6 is 0 Å². The molecule has 0 saturated carbocycles. The van der Waals surface area contributed by atoms with E-state index >= 15 is 0 Å². The molecule has 3 aliphatic rings. The Balaban J connectivity index is 0.000000339. The molecule has 3 fully saturated rings. The van der Waals surface area contributed by atoms with Gasteiger partial charge in [-0.25, -0.2) is 14.8 Å². The van der Waals surface area contributed by atoms with Crippen LogP contribution in [0.25, 0.3) is 0 Å². The highest BCUT2D eigenvalue weighted by molar-refractivity contribution is 5.79. The quantitative estimate of drug-likeness (QED) is 0.748.